The maximum Gasteiger partial charge on any atom is 0.168 e. The lowest BCUT2D eigenvalue weighted by atomic mass is 9.75. The first-order valence-electron chi connectivity index (χ1n) is 6.27. The molecule has 0 radical (unpaired) electrons. The van der Waals surface area contributed by atoms with Crippen LogP contribution < -0.4 is 5.73 Å². The minimum atomic E-state index is -0.193. The average Bonchev–Trinajstić information content (AvgIpc) is 2.96. The van der Waals surface area contributed by atoms with E-state index < -0.39 is 0 Å². The van der Waals surface area contributed by atoms with Crippen molar-refractivity contribution in [2.45, 2.75) is 44.3 Å². The van der Waals surface area contributed by atoms with Gasteiger partial charge in [-0.25, -0.2) is 0 Å². The van der Waals surface area contributed by atoms with Gasteiger partial charge in [0, 0.05) is 12.8 Å². The Kier molecular flexibility index (Phi) is 2.31. The Labute approximate surface area is 91.3 Å². The third-order valence-electron chi connectivity index (χ3n) is 4.73. The fraction of sp³-hybridized carbons (Fsp3) is 1.00. The van der Waals surface area contributed by atoms with Crippen LogP contribution in [0.1, 0.15) is 38.5 Å². The third kappa shape index (κ3) is 1.61. The Morgan fingerprint density at radius 1 is 1.00 bits per heavy atom. The summed E-state index contributed by atoms with van der Waals surface area (Å²) in [5.41, 5.74) is 6.40. The molecule has 1 spiro atoms. The molecule has 2 N–H and O–H groups in total. The molecule has 3 heteroatoms. The quantitative estimate of drug-likeness (QED) is 0.755. The van der Waals surface area contributed by atoms with Crippen molar-refractivity contribution >= 4 is 0 Å². The number of rotatable bonds is 2. The minimum absolute atomic E-state index is 0.193. The molecule has 86 valence electrons. The number of hydrogen-bond acceptors (Lipinski definition) is 3. The summed E-state index contributed by atoms with van der Waals surface area (Å²) in [5.74, 6) is 0.641. The smallest absolute Gasteiger partial charge is 0.168 e. The highest BCUT2D eigenvalue weighted by molar-refractivity contribution is 5.01. The molecular weight excluding hydrogens is 190 g/mol. The first-order chi connectivity index (χ1) is 7.29. The van der Waals surface area contributed by atoms with Crippen molar-refractivity contribution in [2.75, 3.05) is 19.8 Å². The van der Waals surface area contributed by atoms with Gasteiger partial charge in [-0.15, -0.1) is 0 Å². The van der Waals surface area contributed by atoms with E-state index in [2.05, 4.69) is 0 Å². The van der Waals surface area contributed by atoms with Gasteiger partial charge >= 0.3 is 0 Å². The van der Waals surface area contributed by atoms with Crippen LogP contribution >= 0.6 is 0 Å². The standard InChI is InChI=1S/C12H21NO2/c13-9-11(5-6-11)10-1-3-12(4-2-10)14-7-8-15-12/h10H,1-9,13H2. The normalized spacial score (nSPS) is 33.4. The lowest BCUT2D eigenvalue weighted by molar-refractivity contribution is -0.185. The second kappa shape index (κ2) is 3.44. The molecule has 2 aliphatic carbocycles. The summed E-state index contributed by atoms with van der Waals surface area (Å²) in [6.07, 6.45) is 7.36. The van der Waals surface area contributed by atoms with Gasteiger partial charge in [0.2, 0.25) is 0 Å². The molecule has 0 aromatic heterocycles. The Balaban J connectivity index is 1.61. The molecule has 1 heterocycles. The predicted molar refractivity (Wildman–Crippen MR) is 57.3 cm³/mol. The predicted octanol–water partition coefficient (Wildman–Crippen LogP) is 1.66. The fourth-order valence-corrected chi connectivity index (χ4v) is 3.40. The summed E-state index contributed by atoms with van der Waals surface area (Å²) in [7, 11) is 0. The second-order valence-corrected chi connectivity index (χ2v) is 5.45. The zero-order valence-electron chi connectivity index (χ0n) is 9.34. The highest BCUT2D eigenvalue weighted by atomic mass is 16.7. The number of ether oxygens (including phenoxy) is 2. The first kappa shape index (κ1) is 10.1. The van der Waals surface area contributed by atoms with E-state index in [4.69, 9.17) is 15.2 Å². The maximum absolute atomic E-state index is 5.88. The van der Waals surface area contributed by atoms with E-state index in [1.54, 1.807) is 0 Å². The van der Waals surface area contributed by atoms with Crippen LogP contribution in [0.3, 0.4) is 0 Å². The molecule has 3 aliphatic rings. The van der Waals surface area contributed by atoms with Crippen LogP contribution in [0.25, 0.3) is 0 Å². The minimum Gasteiger partial charge on any atom is -0.348 e. The fourth-order valence-electron chi connectivity index (χ4n) is 3.40. The zero-order valence-corrected chi connectivity index (χ0v) is 9.34. The lowest BCUT2D eigenvalue weighted by Gasteiger charge is -2.38. The van der Waals surface area contributed by atoms with Gasteiger partial charge in [-0.05, 0) is 43.6 Å². The molecule has 2 saturated carbocycles. The van der Waals surface area contributed by atoms with Gasteiger partial charge < -0.3 is 15.2 Å². The van der Waals surface area contributed by atoms with Crippen LogP contribution in [0.5, 0.6) is 0 Å². The van der Waals surface area contributed by atoms with Crippen LogP contribution in [0.15, 0.2) is 0 Å². The maximum atomic E-state index is 5.88. The van der Waals surface area contributed by atoms with Crippen molar-refractivity contribution in [3.8, 4) is 0 Å². The van der Waals surface area contributed by atoms with E-state index in [0.717, 1.165) is 38.5 Å². The molecule has 0 bridgehead atoms. The van der Waals surface area contributed by atoms with E-state index in [1.807, 2.05) is 0 Å². The van der Waals surface area contributed by atoms with Crippen molar-refractivity contribution in [3.05, 3.63) is 0 Å². The lowest BCUT2D eigenvalue weighted by Crippen LogP contribution is -2.38. The molecular formula is C12H21NO2. The molecule has 0 unspecified atom stereocenters. The Bertz CT molecular complexity index is 234. The second-order valence-electron chi connectivity index (χ2n) is 5.45. The van der Waals surface area contributed by atoms with Gasteiger partial charge in [-0.3, -0.25) is 0 Å². The van der Waals surface area contributed by atoms with Crippen LogP contribution in [-0.4, -0.2) is 25.5 Å². The number of hydrogen-bond donors (Lipinski definition) is 1. The van der Waals surface area contributed by atoms with Gasteiger partial charge in [0.25, 0.3) is 0 Å². The Morgan fingerprint density at radius 2 is 1.60 bits per heavy atom. The molecule has 0 amide bonds. The van der Waals surface area contributed by atoms with E-state index in [1.165, 1.54) is 25.7 Å². The summed E-state index contributed by atoms with van der Waals surface area (Å²) in [4.78, 5) is 0. The first-order valence-corrected chi connectivity index (χ1v) is 6.27. The van der Waals surface area contributed by atoms with Gasteiger partial charge in [0.05, 0.1) is 13.2 Å². The van der Waals surface area contributed by atoms with E-state index in [9.17, 15) is 0 Å². The van der Waals surface area contributed by atoms with Crippen LogP contribution in [-0.2, 0) is 9.47 Å². The van der Waals surface area contributed by atoms with E-state index in [-0.39, 0.29) is 5.79 Å². The SMILES string of the molecule is NCC1(C2CCC3(CC2)OCCO3)CC1. The van der Waals surface area contributed by atoms with Crippen LogP contribution in [0.2, 0.25) is 0 Å². The Hall–Kier alpha value is -0.120. The molecule has 15 heavy (non-hydrogen) atoms. The largest absolute Gasteiger partial charge is 0.348 e. The van der Waals surface area contributed by atoms with Gasteiger partial charge in [0.15, 0.2) is 5.79 Å². The monoisotopic (exact) mass is 211 g/mol. The summed E-state index contributed by atoms with van der Waals surface area (Å²) in [6.45, 7) is 2.45. The van der Waals surface area contributed by atoms with E-state index >= 15 is 0 Å². The molecule has 1 aliphatic heterocycles. The third-order valence-corrected chi connectivity index (χ3v) is 4.73. The summed E-state index contributed by atoms with van der Waals surface area (Å²) < 4.78 is 11.5. The van der Waals surface area contributed by atoms with E-state index in [0.29, 0.717) is 5.41 Å². The molecule has 0 atom stereocenters. The molecule has 3 fully saturated rings. The molecule has 3 nitrogen and oxygen atoms in total. The average molecular weight is 211 g/mol. The van der Waals surface area contributed by atoms with Crippen LogP contribution in [0.4, 0.5) is 0 Å². The summed E-state index contributed by atoms with van der Waals surface area (Å²) in [5, 5.41) is 0. The van der Waals surface area contributed by atoms with Gasteiger partial charge in [-0.1, -0.05) is 0 Å². The van der Waals surface area contributed by atoms with Crippen molar-refractivity contribution < 1.29 is 9.47 Å². The van der Waals surface area contributed by atoms with Crippen molar-refractivity contribution in [1.82, 2.24) is 0 Å². The Morgan fingerprint density at radius 3 is 2.07 bits per heavy atom. The van der Waals surface area contributed by atoms with Gasteiger partial charge in [0.1, 0.15) is 0 Å². The summed E-state index contributed by atoms with van der Waals surface area (Å²) in [6, 6.07) is 0. The van der Waals surface area contributed by atoms with Crippen LogP contribution in [0, 0.1) is 11.3 Å². The van der Waals surface area contributed by atoms with Gasteiger partial charge in [-0.2, -0.15) is 0 Å². The topological polar surface area (TPSA) is 44.5 Å². The van der Waals surface area contributed by atoms with Crippen molar-refractivity contribution in [1.29, 1.82) is 0 Å². The highest BCUT2D eigenvalue weighted by Gasteiger charge is 2.51. The molecule has 0 aromatic rings. The summed E-state index contributed by atoms with van der Waals surface area (Å²) >= 11 is 0. The molecule has 0 aromatic carbocycles. The number of nitrogens with two attached hydrogens (primary N) is 1. The molecule has 1 saturated heterocycles. The molecule has 3 rings (SSSR count). The van der Waals surface area contributed by atoms with Crippen molar-refractivity contribution in [3.63, 3.8) is 0 Å². The van der Waals surface area contributed by atoms with Crippen molar-refractivity contribution in [2.24, 2.45) is 17.1 Å². The highest BCUT2D eigenvalue weighted by Crippen LogP contribution is 2.57. The zero-order chi connectivity index (χ0) is 10.4.